The largest absolute Gasteiger partial charge is 0.465 e. The number of nitrogens with zero attached hydrogens (tertiary/aromatic N) is 2. The van der Waals surface area contributed by atoms with E-state index in [0.717, 1.165) is 12.4 Å². The van der Waals surface area contributed by atoms with Crippen LogP contribution in [-0.4, -0.2) is 63.4 Å². The second kappa shape index (κ2) is 8.50. The van der Waals surface area contributed by atoms with E-state index in [2.05, 4.69) is 19.9 Å². The molecule has 20 heavy (non-hydrogen) atoms. The van der Waals surface area contributed by atoms with E-state index >= 15 is 0 Å². The molecule has 0 aliphatic carbocycles. The van der Waals surface area contributed by atoms with Crippen LogP contribution in [0.25, 0.3) is 0 Å². The Balaban J connectivity index is 2.35. The summed E-state index contributed by atoms with van der Waals surface area (Å²) >= 11 is 0. The van der Waals surface area contributed by atoms with Gasteiger partial charge in [0.1, 0.15) is 5.82 Å². The number of aryl methyl sites for hydroxylation is 1. The van der Waals surface area contributed by atoms with Gasteiger partial charge in [0, 0.05) is 13.1 Å². The van der Waals surface area contributed by atoms with Crippen LogP contribution in [0.3, 0.4) is 0 Å². The van der Waals surface area contributed by atoms with Gasteiger partial charge < -0.3 is 19.7 Å². The molecule has 0 atom stereocenters. The molecule has 0 bridgehead atoms. The molecule has 0 spiro atoms. The number of methoxy groups -OCH3 is 1. The summed E-state index contributed by atoms with van der Waals surface area (Å²) in [7, 11) is 5.38. The van der Waals surface area contributed by atoms with Crippen LogP contribution in [0, 0.1) is 6.92 Å². The quantitative estimate of drug-likeness (QED) is 0.570. The Bertz CT molecular complexity index is 436. The number of carbonyl (C=O) groups excluding carboxylic acids is 1. The highest BCUT2D eigenvalue weighted by Crippen LogP contribution is 2.11. The number of anilines is 1. The first-order chi connectivity index (χ1) is 9.54. The molecular weight excluding hydrogens is 258 g/mol. The molecule has 6 nitrogen and oxygen atoms in total. The maximum Gasteiger partial charge on any atom is 0.339 e. The highest BCUT2D eigenvalue weighted by molar-refractivity contribution is 5.90. The lowest BCUT2D eigenvalue weighted by Gasteiger charge is -2.11. The Morgan fingerprint density at radius 3 is 2.70 bits per heavy atom. The third-order valence-corrected chi connectivity index (χ3v) is 2.73. The summed E-state index contributed by atoms with van der Waals surface area (Å²) in [6.07, 6.45) is 0. The highest BCUT2D eigenvalue weighted by Gasteiger charge is 2.10. The van der Waals surface area contributed by atoms with Gasteiger partial charge in [0.15, 0.2) is 0 Å². The van der Waals surface area contributed by atoms with Gasteiger partial charge in [0.05, 0.1) is 31.6 Å². The van der Waals surface area contributed by atoms with Crippen LogP contribution in [0.4, 0.5) is 5.82 Å². The lowest BCUT2D eigenvalue weighted by atomic mass is 10.2. The molecule has 1 rings (SSSR count). The van der Waals surface area contributed by atoms with E-state index in [-0.39, 0.29) is 5.97 Å². The van der Waals surface area contributed by atoms with Crippen molar-refractivity contribution in [3.63, 3.8) is 0 Å². The van der Waals surface area contributed by atoms with Crippen molar-refractivity contribution in [3.05, 3.63) is 23.4 Å². The molecule has 0 aliphatic heterocycles. The first kappa shape index (κ1) is 16.4. The van der Waals surface area contributed by atoms with Crippen LogP contribution in [-0.2, 0) is 9.47 Å². The SMILES string of the molecule is COC(=O)c1ccc(NCCOCCN(C)C)nc1C. The van der Waals surface area contributed by atoms with Gasteiger partial charge in [-0.1, -0.05) is 0 Å². The van der Waals surface area contributed by atoms with E-state index in [0.29, 0.717) is 31.0 Å². The summed E-state index contributed by atoms with van der Waals surface area (Å²) in [4.78, 5) is 17.8. The van der Waals surface area contributed by atoms with Gasteiger partial charge in [-0.2, -0.15) is 0 Å². The smallest absolute Gasteiger partial charge is 0.339 e. The number of hydrogen-bond donors (Lipinski definition) is 1. The number of rotatable bonds is 8. The third-order valence-electron chi connectivity index (χ3n) is 2.73. The van der Waals surface area contributed by atoms with Gasteiger partial charge in [-0.05, 0) is 33.2 Å². The van der Waals surface area contributed by atoms with Gasteiger partial charge >= 0.3 is 5.97 Å². The molecule has 1 heterocycles. The predicted molar refractivity (Wildman–Crippen MR) is 78.2 cm³/mol. The zero-order valence-electron chi connectivity index (χ0n) is 12.6. The van der Waals surface area contributed by atoms with Crippen LogP contribution in [0.2, 0.25) is 0 Å². The third kappa shape index (κ3) is 5.54. The fourth-order valence-electron chi connectivity index (χ4n) is 1.59. The second-order valence-corrected chi connectivity index (χ2v) is 4.66. The van der Waals surface area contributed by atoms with Gasteiger partial charge in [-0.15, -0.1) is 0 Å². The molecular formula is C14H23N3O3. The normalized spacial score (nSPS) is 10.7. The number of esters is 1. The fraction of sp³-hybridized carbons (Fsp3) is 0.571. The van der Waals surface area contributed by atoms with Crippen molar-refractivity contribution >= 4 is 11.8 Å². The van der Waals surface area contributed by atoms with E-state index < -0.39 is 0 Å². The molecule has 0 unspecified atom stereocenters. The van der Waals surface area contributed by atoms with E-state index in [1.54, 1.807) is 19.1 Å². The summed E-state index contributed by atoms with van der Waals surface area (Å²) in [6, 6.07) is 3.47. The zero-order valence-corrected chi connectivity index (χ0v) is 12.6. The monoisotopic (exact) mass is 281 g/mol. The summed E-state index contributed by atoms with van der Waals surface area (Å²) in [5, 5.41) is 3.16. The molecule has 0 saturated carbocycles. The van der Waals surface area contributed by atoms with E-state index in [1.807, 2.05) is 14.1 Å². The van der Waals surface area contributed by atoms with Crippen molar-refractivity contribution in [2.75, 3.05) is 52.8 Å². The van der Waals surface area contributed by atoms with Crippen molar-refractivity contribution < 1.29 is 14.3 Å². The predicted octanol–water partition coefficient (Wildman–Crippen LogP) is 1.17. The lowest BCUT2D eigenvalue weighted by molar-refractivity contribution is 0.0599. The molecule has 0 aliphatic rings. The minimum atomic E-state index is -0.367. The van der Waals surface area contributed by atoms with Crippen molar-refractivity contribution in [2.45, 2.75) is 6.92 Å². The van der Waals surface area contributed by atoms with E-state index in [9.17, 15) is 4.79 Å². The number of pyridine rings is 1. The number of nitrogens with one attached hydrogen (secondary N) is 1. The number of likely N-dealkylation sites (N-methyl/N-ethyl adjacent to an activating group) is 1. The second-order valence-electron chi connectivity index (χ2n) is 4.66. The number of aromatic nitrogens is 1. The average molecular weight is 281 g/mol. The molecule has 0 amide bonds. The van der Waals surface area contributed by atoms with Gasteiger partial charge in [0.2, 0.25) is 0 Å². The maximum absolute atomic E-state index is 11.4. The van der Waals surface area contributed by atoms with Gasteiger partial charge in [-0.3, -0.25) is 0 Å². The van der Waals surface area contributed by atoms with Crippen LogP contribution in [0.5, 0.6) is 0 Å². The molecule has 0 aromatic carbocycles. The van der Waals surface area contributed by atoms with Crippen molar-refractivity contribution in [1.82, 2.24) is 9.88 Å². The first-order valence-electron chi connectivity index (χ1n) is 6.57. The van der Waals surface area contributed by atoms with E-state index in [1.165, 1.54) is 7.11 Å². The minimum absolute atomic E-state index is 0.367. The average Bonchev–Trinajstić information content (AvgIpc) is 2.41. The molecule has 1 aromatic rings. The number of ether oxygens (including phenoxy) is 2. The zero-order chi connectivity index (χ0) is 15.0. The Labute approximate surface area is 120 Å². The summed E-state index contributed by atoms with van der Waals surface area (Å²) in [6.45, 7) is 4.70. The molecule has 112 valence electrons. The summed E-state index contributed by atoms with van der Waals surface area (Å²) in [5.41, 5.74) is 1.13. The molecule has 6 heteroatoms. The molecule has 0 radical (unpaired) electrons. The number of hydrogen-bond acceptors (Lipinski definition) is 6. The van der Waals surface area contributed by atoms with Crippen LogP contribution >= 0.6 is 0 Å². The Kier molecular flexibility index (Phi) is 6.97. The molecule has 1 aromatic heterocycles. The van der Waals surface area contributed by atoms with Crippen molar-refractivity contribution in [2.24, 2.45) is 0 Å². The minimum Gasteiger partial charge on any atom is -0.465 e. The Morgan fingerprint density at radius 2 is 2.10 bits per heavy atom. The van der Waals surface area contributed by atoms with Gasteiger partial charge in [-0.25, -0.2) is 9.78 Å². The topological polar surface area (TPSA) is 63.7 Å². The van der Waals surface area contributed by atoms with Crippen LogP contribution < -0.4 is 5.32 Å². The Morgan fingerprint density at radius 1 is 1.35 bits per heavy atom. The standard InChI is InChI=1S/C14H23N3O3/c1-11-12(14(18)19-4)5-6-13(16-11)15-7-9-20-10-8-17(2)3/h5-6H,7-10H2,1-4H3,(H,15,16). The van der Waals surface area contributed by atoms with Crippen molar-refractivity contribution in [3.8, 4) is 0 Å². The Hall–Kier alpha value is -1.66. The van der Waals surface area contributed by atoms with Crippen LogP contribution in [0.1, 0.15) is 16.1 Å². The van der Waals surface area contributed by atoms with E-state index in [4.69, 9.17) is 4.74 Å². The molecule has 0 saturated heterocycles. The number of carbonyl (C=O) groups is 1. The summed E-state index contributed by atoms with van der Waals surface area (Å²) in [5.74, 6) is 0.361. The fourth-order valence-corrected chi connectivity index (χ4v) is 1.59. The van der Waals surface area contributed by atoms with Gasteiger partial charge in [0.25, 0.3) is 0 Å². The first-order valence-corrected chi connectivity index (χ1v) is 6.57. The highest BCUT2D eigenvalue weighted by atomic mass is 16.5. The van der Waals surface area contributed by atoms with Crippen molar-refractivity contribution in [1.29, 1.82) is 0 Å². The molecule has 0 fully saturated rings. The summed E-state index contributed by atoms with van der Waals surface area (Å²) < 4.78 is 10.1. The van der Waals surface area contributed by atoms with Crippen LogP contribution in [0.15, 0.2) is 12.1 Å². The lowest BCUT2D eigenvalue weighted by Crippen LogP contribution is -2.20. The maximum atomic E-state index is 11.4. The molecule has 1 N–H and O–H groups in total.